The Morgan fingerprint density at radius 2 is 1.88 bits per heavy atom. The molecule has 0 atom stereocenters. The Labute approximate surface area is 102 Å². The van der Waals surface area contributed by atoms with E-state index < -0.39 is 0 Å². The molecule has 0 spiro atoms. The first-order valence-corrected chi connectivity index (χ1v) is 6.32. The number of para-hydroxylation sites is 1. The van der Waals surface area contributed by atoms with E-state index in [1.54, 1.807) is 12.1 Å². The number of phenolic OH excluding ortho intramolecular Hbond substituents is 1. The average Bonchev–Trinajstić information content (AvgIpc) is 2.38. The average molecular weight is 233 g/mol. The number of aromatic hydroxyl groups is 1. The molecule has 1 fully saturated rings. The molecule has 92 valence electrons. The van der Waals surface area contributed by atoms with Crippen molar-refractivity contribution >= 4 is 5.91 Å². The molecule has 1 heterocycles. The van der Waals surface area contributed by atoms with Crippen LogP contribution in [0, 0.1) is 0 Å². The highest BCUT2D eigenvalue weighted by atomic mass is 16.3. The Morgan fingerprint density at radius 1 is 1.18 bits per heavy atom. The summed E-state index contributed by atoms with van der Waals surface area (Å²) in [5.41, 5.74) is 0.859. The lowest BCUT2D eigenvalue weighted by atomic mass is 10.1. The molecule has 0 unspecified atom stereocenters. The SMILES string of the molecule is O=C(CCc1ccccc1O)N1CCCCC1. The topological polar surface area (TPSA) is 40.5 Å². The molecule has 2 rings (SSSR count). The van der Waals surface area contributed by atoms with Crippen molar-refractivity contribution in [1.29, 1.82) is 0 Å². The lowest BCUT2D eigenvalue weighted by Gasteiger charge is -2.26. The summed E-state index contributed by atoms with van der Waals surface area (Å²) in [4.78, 5) is 13.9. The second kappa shape index (κ2) is 5.71. The Balaban J connectivity index is 1.85. The molecule has 0 bridgehead atoms. The second-order valence-electron chi connectivity index (χ2n) is 4.57. The fourth-order valence-electron chi connectivity index (χ4n) is 2.27. The van der Waals surface area contributed by atoms with Crippen molar-refractivity contribution in [2.24, 2.45) is 0 Å². The molecule has 1 N–H and O–H groups in total. The summed E-state index contributed by atoms with van der Waals surface area (Å²) in [5.74, 6) is 0.506. The van der Waals surface area contributed by atoms with Crippen molar-refractivity contribution < 1.29 is 9.90 Å². The number of phenols is 1. The first-order chi connectivity index (χ1) is 8.27. The lowest BCUT2D eigenvalue weighted by molar-refractivity contribution is -0.132. The fraction of sp³-hybridized carbons (Fsp3) is 0.500. The summed E-state index contributed by atoms with van der Waals surface area (Å²) in [6, 6.07) is 7.23. The molecule has 1 aliphatic rings. The van der Waals surface area contributed by atoms with E-state index in [4.69, 9.17) is 0 Å². The van der Waals surface area contributed by atoms with Crippen molar-refractivity contribution in [3.05, 3.63) is 29.8 Å². The van der Waals surface area contributed by atoms with E-state index in [0.717, 1.165) is 31.5 Å². The first kappa shape index (κ1) is 12.0. The molecule has 0 aliphatic carbocycles. The molecule has 1 aliphatic heterocycles. The third kappa shape index (κ3) is 3.22. The van der Waals surface area contributed by atoms with Crippen LogP contribution >= 0.6 is 0 Å². The quantitative estimate of drug-likeness (QED) is 0.870. The van der Waals surface area contributed by atoms with Gasteiger partial charge in [-0.2, -0.15) is 0 Å². The Bertz CT molecular complexity index is 384. The van der Waals surface area contributed by atoms with E-state index in [1.165, 1.54) is 6.42 Å². The van der Waals surface area contributed by atoms with E-state index in [-0.39, 0.29) is 5.91 Å². The minimum atomic E-state index is 0.216. The standard InChI is InChI=1S/C14H19NO2/c16-13-7-3-2-6-12(13)8-9-14(17)15-10-4-1-5-11-15/h2-3,6-7,16H,1,4-5,8-11H2. The highest BCUT2D eigenvalue weighted by molar-refractivity contribution is 5.76. The first-order valence-electron chi connectivity index (χ1n) is 6.32. The zero-order valence-electron chi connectivity index (χ0n) is 10.1. The number of likely N-dealkylation sites (tertiary alicyclic amines) is 1. The normalized spacial score (nSPS) is 15.9. The maximum Gasteiger partial charge on any atom is 0.222 e. The van der Waals surface area contributed by atoms with Gasteiger partial charge in [-0.25, -0.2) is 0 Å². The number of benzene rings is 1. The molecule has 0 saturated carbocycles. The molecule has 0 radical (unpaired) electrons. The molecular formula is C14H19NO2. The van der Waals surface area contributed by atoms with Gasteiger partial charge >= 0.3 is 0 Å². The molecule has 1 aromatic rings. The minimum absolute atomic E-state index is 0.216. The van der Waals surface area contributed by atoms with E-state index in [2.05, 4.69) is 0 Å². The number of hydrogen-bond donors (Lipinski definition) is 1. The number of hydrogen-bond acceptors (Lipinski definition) is 2. The maximum absolute atomic E-state index is 11.9. The third-order valence-corrected chi connectivity index (χ3v) is 3.31. The molecule has 3 heteroatoms. The predicted octanol–water partition coefficient (Wildman–Crippen LogP) is 2.34. The molecule has 1 saturated heterocycles. The predicted molar refractivity (Wildman–Crippen MR) is 66.9 cm³/mol. The van der Waals surface area contributed by atoms with Gasteiger partial charge in [-0.15, -0.1) is 0 Å². The van der Waals surface area contributed by atoms with Crippen molar-refractivity contribution in [2.45, 2.75) is 32.1 Å². The molecule has 1 aromatic carbocycles. The number of aryl methyl sites for hydroxylation is 1. The van der Waals surface area contributed by atoms with Crippen LogP contribution in [0.4, 0.5) is 0 Å². The van der Waals surface area contributed by atoms with Gasteiger partial charge in [-0.05, 0) is 37.3 Å². The number of nitrogens with zero attached hydrogens (tertiary/aromatic N) is 1. The van der Waals surface area contributed by atoms with Crippen LogP contribution < -0.4 is 0 Å². The van der Waals surface area contributed by atoms with Crippen LogP contribution in [-0.4, -0.2) is 29.0 Å². The molecule has 17 heavy (non-hydrogen) atoms. The van der Waals surface area contributed by atoms with Gasteiger partial charge in [0.15, 0.2) is 0 Å². The van der Waals surface area contributed by atoms with Crippen LogP contribution in [0.5, 0.6) is 5.75 Å². The van der Waals surface area contributed by atoms with Gasteiger partial charge in [0.25, 0.3) is 0 Å². The summed E-state index contributed by atoms with van der Waals surface area (Å²) in [5, 5.41) is 9.61. The van der Waals surface area contributed by atoms with Gasteiger partial charge in [-0.3, -0.25) is 4.79 Å². The summed E-state index contributed by atoms with van der Waals surface area (Å²) in [7, 11) is 0. The van der Waals surface area contributed by atoms with E-state index >= 15 is 0 Å². The summed E-state index contributed by atoms with van der Waals surface area (Å²) in [6.07, 6.45) is 4.62. The van der Waals surface area contributed by atoms with Gasteiger partial charge in [-0.1, -0.05) is 18.2 Å². The van der Waals surface area contributed by atoms with E-state index in [9.17, 15) is 9.90 Å². The number of amides is 1. The highest BCUT2D eigenvalue weighted by Crippen LogP contribution is 2.18. The van der Waals surface area contributed by atoms with E-state index in [1.807, 2.05) is 17.0 Å². The molecule has 0 aromatic heterocycles. The third-order valence-electron chi connectivity index (χ3n) is 3.31. The second-order valence-corrected chi connectivity index (χ2v) is 4.57. The van der Waals surface area contributed by atoms with Gasteiger partial charge in [0.1, 0.15) is 5.75 Å². The molecule has 3 nitrogen and oxygen atoms in total. The largest absolute Gasteiger partial charge is 0.508 e. The smallest absolute Gasteiger partial charge is 0.222 e. The van der Waals surface area contributed by atoms with Crippen molar-refractivity contribution in [2.75, 3.05) is 13.1 Å². The number of carbonyl (C=O) groups excluding carboxylic acids is 1. The van der Waals surface area contributed by atoms with Crippen LogP contribution in [0.1, 0.15) is 31.2 Å². The van der Waals surface area contributed by atoms with Gasteiger partial charge < -0.3 is 10.0 Å². The monoisotopic (exact) mass is 233 g/mol. The summed E-state index contributed by atoms with van der Waals surface area (Å²) in [6.45, 7) is 1.80. The zero-order chi connectivity index (χ0) is 12.1. The summed E-state index contributed by atoms with van der Waals surface area (Å²) >= 11 is 0. The van der Waals surface area contributed by atoms with Gasteiger partial charge in [0.05, 0.1) is 0 Å². The van der Waals surface area contributed by atoms with Crippen LogP contribution in [-0.2, 0) is 11.2 Å². The minimum Gasteiger partial charge on any atom is -0.508 e. The van der Waals surface area contributed by atoms with Crippen LogP contribution in [0.25, 0.3) is 0 Å². The molecular weight excluding hydrogens is 214 g/mol. The number of carbonyl (C=O) groups is 1. The van der Waals surface area contributed by atoms with Crippen molar-refractivity contribution in [3.8, 4) is 5.75 Å². The summed E-state index contributed by atoms with van der Waals surface area (Å²) < 4.78 is 0. The van der Waals surface area contributed by atoms with Crippen molar-refractivity contribution in [3.63, 3.8) is 0 Å². The van der Waals surface area contributed by atoms with Crippen LogP contribution in [0.15, 0.2) is 24.3 Å². The lowest BCUT2D eigenvalue weighted by Crippen LogP contribution is -2.35. The highest BCUT2D eigenvalue weighted by Gasteiger charge is 2.16. The number of piperidine rings is 1. The Kier molecular flexibility index (Phi) is 4.02. The number of rotatable bonds is 3. The Hall–Kier alpha value is -1.51. The van der Waals surface area contributed by atoms with Gasteiger partial charge in [0, 0.05) is 19.5 Å². The zero-order valence-corrected chi connectivity index (χ0v) is 10.1. The fourth-order valence-corrected chi connectivity index (χ4v) is 2.27. The van der Waals surface area contributed by atoms with Gasteiger partial charge in [0.2, 0.25) is 5.91 Å². The van der Waals surface area contributed by atoms with Crippen LogP contribution in [0.3, 0.4) is 0 Å². The van der Waals surface area contributed by atoms with Crippen LogP contribution in [0.2, 0.25) is 0 Å². The van der Waals surface area contributed by atoms with Crippen molar-refractivity contribution in [1.82, 2.24) is 4.90 Å². The Morgan fingerprint density at radius 3 is 2.59 bits per heavy atom. The van der Waals surface area contributed by atoms with E-state index in [0.29, 0.717) is 18.6 Å². The maximum atomic E-state index is 11.9. The molecule has 1 amide bonds.